The van der Waals surface area contributed by atoms with Crippen molar-refractivity contribution in [1.29, 1.82) is 0 Å². The number of amides is 1. The number of benzene rings is 4. The molecule has 9 heteroatoms. The Morgan fingerprint density at radius 2 is 1.11 bits per heavy atom. The fraction of sp³-hybridized carbons (Fsp3) is 0.273. The molecule has 268 valence electrons. The van der Waals surface area contributed by atoms with Crippen LogP contribution in [0.25, 0.3) is 22.5 Å². The van der Waals surface area contributed by atoms with Gasteiger partial charge in [-0.1, -0.05) is 121 Å². The van der Waals surface area contributed by atoms with Gasteiger partial charge < -0.3 is 15.3 Å². The van der Waals surface area contributed by atoms with E-state index in [9.17, 15) is 9.59 Å². The van der Waals surface area contributed by atoms with Crippen LogP contribution in [0.2, 0.25) is 0 Å². The topological polar surface area (TPSA) is 127 Å². The summed E-state index contributed by atoms with van der Waals surface area (Å²) in [5.74, 6) is 0.304. The molecule has 10 rings (SSSR count). The minimum atomic E-state index is -0.663. The SMILES string of the molecule is O=C(C1C[C@H]1c1ccccc1)N1CCc2[nH]nc(-c3ccccc3)c2C1.O=C(O)[C@H]1CC1c1ccccc1.c1ccc(-c2n[nH]c3c2CNCC3)cc1. The molecular formula is C44H44N6O3. The smallest absolute Gasteiger partial charge is 0.307 e. The number of nitrogens with zero attached hydrogens (tertiary/aromatic N) is 3. The molecule has 0 bridgehead atoms. The summed E-state index contributed by atoms with van der Waals surface area (Å²) in [5, 5.41) is 27.3. The third kappa shape index (κ3) is 7.71. The van der Waals surface area contributed by atoms with E-state index in [1.54, 1.807) is 0 Å². The molecule has 2 aliphatic heterocycles. The van der Waals surface area contributed by atoms with Gasteiger partial charge in [-0.15, -0.1) is 0 Å². The molecule has 4 N–H and O–H groups in total. The summed E-state index contributed by atoms with van der Waals surface area (Å²) in [4.78, 5) is 25.6. The number of carbonyl (C=O) groups excluding carboxylic acids is 1. The van der Waals surface area contributed by atoms with Crippen molar-refractivity contribution in [2.45, 2.75) is 50.6 Å². The maximum Gasteiger partial charge on any atom is 0.307 e. The third-order valence-electron chi connectivity index (χ3n) is 10.8. The van der Waals surface area contributed by atoms with E-state index in [2.05, 4.69) is 74.2 Å². The summed E-state index contributed by atoms with van der Waals surface area (Å²) in [6, 6.07) is 40.8. The molecule has 53 heavy (non-hydrogen) atoms. The summed E-state index contributed by atoms with van der Waals surface area (Å²) < 4.78 is 0. The molecule has 4 heterocycles. The monoisotopic (exact) mass is 704 g/mol. The number of carboxylic acid groups (broad SMARTS) is 1. The molecule has 2 unspecified atom stereocenters. The standard InChI is InChI=1S/C22H21N3O.C12H13N3.C10H10O2/c26-22(18-13-17(18)15-7-3-1-4-8-15)25-12-11-20-19(14-25)21(24-23-20)16-9-5-2-6-10-16;1-2-4-9(5-3-1)12-10-8-13-7-6-11(10)14-15-12;11-10(12)9-6-8(9)7-4-2-1-3-5-7/h1-10,17-18H,11-14H2,(H,23,24);1-5,13H,6-8H2,(H,14,15);1-5,8-9H,6H2,(H,11,12)/t17-,18?;;8?,9-/m0.0/s1. The summed E-state index contributed by atoms with van der Waals surface area (Å²) in [7, 11) is 0. The Morgan fingerprint density at radius 3 is 1.66 bits per heavy atom. The number of aromatic amines is 2. The number of hydrogen-bond donors (Lipinski definition) is 4. The zero-order valence-electron chi connectivity index (χ0n) is 29.6. The van der Waals surface area contributed by atoms with Crippen LogP contribution in [0.5, 0.6) is 0 Å². The Bertz CT molecular complexity index is 2150. The van der Waals surface area contributed by atoms with Gasteiger partial charge in [0.1, 0.15) is 0 Å². The lowest BCUT2D eigenvalue weighted by molar-refractivity contribution is -0.138. The van der Waals surface area contributed by atoms with E-state index >= 15 is 0 Å². The zero-order valence-corrected chi connectivity index (χ0v) is 29.6. The zero-order chi connectivity index (χ0) is 36.1. The first kappa shape index (κ1) is 34.3. The predicted molar refractivity (Wildman–Crippen MR) is 205 cm³/mol. The Hall–Kier alpha value is -5.80. The molecule has 6 aromatic rings. The number of aromatic nitrogens is 4. The van der Waals surface area contributed by atoms with E-state index < -0.39 is 5.97 Å². The van der Waals surface area contributed by atoms with Gasteiger partial charge in [-0.3, -0.25) is 19.8 Å². The van der Waals surface area contributed by atoms with Crippen molar-refractivity contribution >= 4 is 11.9 Å². The van der Waals surface area contributed by atoms with Crippen LogP contribution < -0.4 is 5.32 Å². The third-order valence-corrected chi connectivity index (χ3v) is 10.8. The second-order valence-electron chi connectivity index (χ2n) is 14.3. The van der Waals surface area contributed by atoms with Crippen LogP contribution >= 0.6 is 0 Å². The van der Waals surface area contributed by atoms with E-state index in [1.807, 2.05) is 77.7 Å². The average Bonchev–Trinajstić information content (AvgIpc) is 4.13. The average molecular weight is 705 g/mol. The van der Waals surface area contributed by atoms with E-state index in [0.717, 1.165) is 67.8 Å². The Labute approximate surface area is 309 Å². The molecule has 0 saturated heterocycles. The molecule has 9 nitrogen and oxygen atoms in total. The van der Waals surface area contributed by atoms with Gasteiger partial charge in [-0.2, -0.15) is 10.2 Å². The first-order valence-corrected chi connectivity index (χ1v) is 18.6. The minimum Gasteiger partial charge on any atom is -0.481 e. The number of aliphatic carboxylic acids is 1. The van der Waals surface area contributed by atoms with E-state index in [4.69, 9.17) is 5.11 Å². The van der Waals surface area contributed by atoms with Crippen LogP contribution in [0.15, 0.2) is 121 Å². The number of fused-ring (bicyclic) bond motifs is 2. The second kappa shape index (κ2) is 15.4. The minimum absolute atomic E-state index is 0.132. The van der Waals surface area contributed by atoms with Crippen LogP contribution in [0.1, 0.15) is 58.3 Å². The van der Waals surface area contributed by atoms with Gasteiger partial charge in [0.15, 0.2) is 0 Å². The van der Waals surface area contributed by atoms with Crippen molar-refractivity contribution < 1.29 is 14.7 Å². The van der Waals surface area contributed by atoms with Crippen molar-refractivity contribution in [3.63, 3.8) is 0 Å². The predicted octanol–water partition coefficient (Wildman–Crippen LogP) is 7.36. The van der Waals surface area contributed by atoms with Gasteiger partial charge in [-0.25, -0.2) is 0 Å². The van der Waals surface area contributed by atoms with Gasteiger partial charge >= 0.3 is 5.97 Å². The summed E-state index contributed by atoms with van der Waals surface area (Å²) in [6.07, 6.45) is 3.68. The molecule has 2 aromatic heterocycles. The quantitative estimate of drug-likeness (QED) is 0.144. The highest BCUT2D eigenvalue weighted by molar-refractivity contribution is 5.83. The Morgan fingerprint density at radius 1 is 0.623 bits per heavy atom. The van der Waals surface area contributed by atoms with Crippen molar-refractivity contribution in [3.05, 3.63) is 155 Å². The molecule has 4 atom stereocenters. The van der Waals surface area contributed by atoms with Crippen LogP contribution in [0, 0.1) is 11.8 Å². The molecule has 0 spiro atoms. The summed E-state index contributed by atoms with van der Waals surface area (Å²) >= 11 is 0. The summed E-state index contributed by atoms with van der Waals surface area (Å²) in [6.45, 7) is 3.41. The van der Waals surface area contributed by atoms with Gasteiger partial charge in [-0.05, 0) is 35.8 Å². The fourth-order valence-electron chi connectivity index (χ4n) is 7.69. The van der Waals surface area contributed by atoms with Crippen LogP contribution in [-0.2, 0) is 35.5 Å². The number of carboxylic acids is 1. The van der Waals surface area contributed by atoms with Gasteiger partial charge in [0.2, 0.25) is 5.91 Å². The number of hydrogen-bond acceptors (Lipinski definition) is 5. The number of nitrogens with one attached hydrogen (secondary N) is 3. The van der Waals surface area contributed by atoms with E-state index in [-0.39, 0.29) is 17.8 Å². The van der Waals surface area contributed by atoms with Gasteiger partial charge in [0.25, 0.3) is 0 Å². The molecule has 1 amide bonds. The highest BCUT2D eigenvalue weighted by atomic mass is 16.4. The molecule has 0 radical (unpaired) electrons. The molecule has 2 saturated carbocycles. The number of H-pyrrole nitrogens is 2. The maximum absolute atomic E-state index is 13.0. The second-order valence-corrected chi connectivity index (χ2v) is 14.3. The molecule has 4 aromatic carbocycles. The van der Waals surface area contributed by atoms with Gasteiger partial charge in [0.05, 0.1) is 17.3 Å². The van der Waals surface area contributed by atoms with Crippen molar-refractivity contribution in [2.24, 2.45) is 11.8 Å². The largest absolute Gasteiger partial charge is 0.481 e. The highest BCUT2D eigenvalue weighted by Gasteiger charge is 2.46. The molecular weight excluding hydrogens is 661 g/mol. The Kier molecular flexibility index (Phi) is 9.99. The van der Waals surface area contributed by atoms with Crippen molar-refractivity contribution in [3.8, 4) is 22.5 Å². The van der Waals surface area contributed by atoms with Crippen LogP contribution in [0.3, 0.4) is 0 Å². The molecule has 4 aliphatic rings. The van der Waals surface area contributed by atoms with Crippen LogP contribution in [0.4, 0.5) is 0 Å². The maximum atomic E-state index is 13.0. The van der Waals surface area contributed by atoms with Crippen molar-refractivity contribution in [1.82, 2.24) is 30.6 Å². The van der Waals surface area contributed by atoms with Crippen molar-refractivity contribution in [2.75, 3.05) is 13.1 Å². The number of rotatable bonds is 6. The Balaban J connectivity index is 0.000000125. The molecule has 2 aliphatic carbocycles. The van der Waals surface area contributed by atoms with E-state index in [1.165, 1.54) is 33.6 Å². The lowest BCUT2D eigenvalue weighted by Crippen LogP contribution is -2.37. The normalized spacial score (nSPS) is 20.7. The molecule has 2 fully saturated rings. The first-order chi connectivity index (χ1) is 26.0. The summed E-state index contributed by atoms with van der Waals surface area (Å²) in [5.41, 5.74) is 11.8. The lowest BCUT2D eigenvalue weighted by Gasteiger charge is -2.27. The van der Waals surface area contributed by atoms with Crippen LogP contribution in [-0.4, -0.2) is 55.4 Å². The lowest BCUT2D eigenvalue weighted by atomic mass is 10.0. The number of carbonyl (C=O) groups is 2. The van der Waals surface area contributed by atoms with Gasteiger partial charge in [0, 0.05) is 78.6 Å². The highest BCUT2D eigenvalue weighted by Crippen LogP contribution is 2.49. The van der Waals surface area contributed by atoms with E-state index in [0.29, 0.717) is 18.4 Å². The first-order valence-electron chi connectivity index (χ1n) is 18.6. The fourth-order valence-corrected chi connectivity index (χ4v) is 7.69.